The Kier molecular flexibility index (Phi) is 9.37. The predicted molar refractivity (Wildman–Crippen MR) is 194 cm³/mol. The largest absolute Gasteiger partial charge is 0.445 e. The van der Waals surface area contributed by atoms with Crippen LogP contribution in [-0.2, 0) is 29.2 Å². The normalized spacial score (nSPS) is 27.7. The molecular weight excluding hydrogens is 701 g/mol. The standard InChI is InChI=1S/C38H44N6O8S/c45-34-32-21-26(52-41-33-30-16-8-6-14-28(30)29-15-7-9-17-31(29)33)23-43(32)37(48)44(40-36(47)51-25-12-4-5-13-25)20-10-2-1-3-11-24-22-38(24,39-34)35(46)42-53(49,50)27-18-19-27/h3,6-9,11,14-17,24-27,32H,1-2,4-5,10,12-13,18-23H2,(H,39,45)(H,40,47)(H,42,46)/b11-3-/t24-,26-,32+,38+/m1/s1. The lowest BCUT2D eigenvalue weighted by atomic mass is 10.1. The summed E-state index contributed by atoms with van der Waals surface area (Å²) in [6.07, 6.45) is 8.56. The van der Waals surface area contributed by atoms with Gasteiger partial charge in [0.1, 0.15) is 29.5 Å². The van der Waals surface area contributed by atoms with Crippen LogP contribution in [0.4, 0.5) is 9.59 Å². The second kappa shape index (κ2) is 14.1. The first-order chi connectivity index (χ1) is 25.6. The molecule has 4 aliphatic carbocycles. The second-order valence-electron chi connectivity index (χ2n) is 14.9. The van der Waals surface area contributed by atoms with Crippen molar-refractivity contribution in [3.05, 3.63) is 71.8 Å². The molecule has 2 aliphatic heterocycles. The monoisotopic (exact) mass is 744 g/mol. The van der Waals surface area contributed by atoms with Crippen molar-refractivity contribution in [2.24, 2.45) is 11.1 Å². The van der Waals surface area contributed by atoms with Gasteiger partial charge in [0.2, 0.25) is 15.9 Å². The Morgan fingerprint density at radius 1 is 0.887 bits per heavy atom. The first-order valence-electron chi connectivity index (χ1n) is 18.7. The van der Waals surface area contributed by atoms with Gasteiger partial charge in [-0.05, 0) is 75.3 Å². The maximum absolute atomic E-state index is 14.4. The lowest BCUT2D eigenvalue weighted by Crippen LogP contribution is -2.59. The summed E-state index contributed by atoms with van der Waals surface area (Å²) in [4.78, 5) is 62.8. The van der Waals surface area contributed by atoms with Gasteiger partial charge in [-0.3, -0.25) is 14.3 Å². The fourth-order valence-electron chi connectivity index (χ4n) is 7.96. The molecule has 0 aromatic heterocycles. The Balaban J connectivity index is 1.07. The smallest absolute Gasteiger partial charge is 0.426 e. The van der Waals surface area contributed by atoms with E-state index in [2.05, 4.69) is 20.6 Å². The maximum Gasteiger partial charge on any atom is 0.426 e. The van der Waals surface area contributed by atoms with Crippen LogP contribution >= 0.6 is 0 Å². The van der Waals surface area contributed by atoms with Crippen LogP contribution in [0.5, 0.6) is 0 Å². The molecule has 4 fully saturated rings. The Bertz CT molecular complexity index is 1930. The zero-order chi connectivity index (χ0) is 36.7. The molecule has 3 saturated carbocycles. The van der Waals surface area contributed by atoms with Gasteiger partial charge in [0.05, 0.1) is 11.8 Å². The summed E-state index contributed by atoms with van der Waals surface area (Å²) in [5.41, 5.74) is 5.63. The molecule has 0 bridgehead atoms. The van der Waals surface area contributed by atoms with Crippen molar-refractivity contribution in [2.45, 2.75) is 99.7 Å². The van der Waals surface area contributed by atoms with Crippen molar-refractivity contribution >= 4 is 39.7 Å². The summed E-state index contributed by atoms with van der Waals surface area (Å²) < 4.78 is 33.4. The number of carbonyl (C=O) groups is 4. The fourth-order valence-corrected chi connectivity index (χ4v) is 9.33. The molecule has 0 spiro atoms. The summed E-state index contributed by atoms with van der Waals surface area (Å²) >= 11 is 0. The van der Waals surface area contributed by atoms with E-state index in [1.807, 2.05) is 60.7 Å². The van der Waals surface area contributed by atoms with Crippen LogP contribution < -0.4 is 15.5 Å². The third-order valence-electron chi connectivity index (χ3n) is 11.1. The molecule has 0 unspecified atom stereocenters. The fraction of sp³-hybridized carbons (Fsp3) is 0.500. The summed E-state index contributed by atoms with van der Waals surface area (Å²) in [6, 6.07) is 14.0. The molecule has 3 N–H and O–H groups in total. The molecule has 2 aromatic rings. The Morgan fingerprint density at radius 3 is 2.25 bits per heavy atom. The van der Waals surface area contributed by atoms with Crippen LogP contribution in [0.3, 0.4) is 0 Å². The molecule has 2 heterocycles. The molecule has 1 saturated heterocycles. The Morgan fingerprint density at radius 2 is 1.57 bits per heavy atom. The highest BCUT2D eigenvalue weighted by atomic mass is 32.2. The maximum atomic E-state index is 14.4. The lowest BCUT2D eigenvalue weighted by Gasteiger charge is -2.32. The number of oxime groups is 1. The van der Waals surface area contributed by atoms with Crippen LogP contribution in [0.15, 0.2) is 65.8 Å². The van der Waals surface area contributed by atoms with Gasteiger partial charge in [0.25, 0.3) is 5.91 Å². The average Bonchev–Trinajstić information content (AvgIpc) is 3.97. The molecule has 8 rings (SSSR count). The van der Waals surface area contributed by atoms with E-state index in [-0.39, 0.29) is 32.0 Å². The van der Waals surface area contributed by atoms with Crippen molar-refractivity contribution < 1.29 is 37.2 Å². The number of amides is 5. The quantitative estimate of drug-likeness (QED) is 0.239. The minimum atomic E-state index is -3.88. The van der Waals surface area contributed by atoms with Gasteiger partial charge in [-0.2, -0.15) is 0 Å². The van der Waals surface area contributed by atoms with Gasteiger partial charge < -0.3 is 19.8 Å². The first-order valence-corrected chi connectivity index (χ1v) is 20.2. The Hall–Kier alpha value is -4.92. The van der Waals surface area contributed by atoms with Crippen LogP contribution in [0, 0.1) is 5.92 Å². The van der Waals surface area contributed by atoms with Crippen molar-refractivity contribution in [1.29, 1.82) is 0 Å². The number of nitrogens with one attached hydrogen (secondary N) is 3. The number of allylic oxidation sites excluding steroid dienone is 1. The second-order valence-corrected chi connectivity index (χ2v) is 16.9. The minimum absolute atomic E-state index is 0.0363. The van der Waals surface area contributed by atoms with Gasteiger partial charge in [0.15, 0.2) is 0 Å². The third kappa shape index (κ3) is 7.10. The zero-order valence-electron chi connectivity index (χ0n) is 29.4. The van der Waals surface area contributed by atoms with Gasteiger partial charge in [-0.15, -0.1) is 0 Å². The van der Waals surface area contributed by atoms with Gasteiger partial charge in [0, 0.05) is 30.0 Å². The average molecular weight is 745 g/mol. The SMILES string of the molecule is O=C(NN1CCCC/C=C\[C@@H]2C[C@]2(C(=O)NS(=O)(=O)C2CC2)NC(=O)[C@@H]2C[C@@H](ON=C3c4ccccc4-c4ccccc43)CN2C1=O)OC1CCCC1. The summed E-state index contributed by atoms with van der Waals surface area (Å²) in [6.45, 7) is 0.138. The number of benzene rings is 2. The molecule has 4 atom stereocenters. The molecule has 6 aliphatic rings. The number of nitrogens with zero attached hydrogens (tertiary/aromatic N) is 3. The van der Waals surface area contributed by atoms with Gasteiger partial charge >= 0.3 is 12.1 Å². The van der Waals surface area contributed by atoms with Crippen LogP contribution in [0.1, 0.15) is 81.8 Å². The van der Waals surface area contributed by atoms with Gasteiger partial charge in [-0.1, -0.05) is 65.8 Å². The number of ether oxygens (including phenoxy) is 1. The van der Waals surface area contributed by atoms with E-state index in [1.165, 1.54) is 9.91 Å². The number of urea groups is 1. The first kappa shape index (κ1) is 35.1. The number of fused-ring (bicyclic) bond motifs is 5. The molecule has 5 amide bonds. The molecule has 280 valence electrons. The molecular formula is C38H44N6O8S. The topological polar surface area (TPSA) is 176 Å². The molecule has 53 heavy (non-hydrogen) atoms. The number of hydrogen-bond donors (Lipinski definition) is 3. The highest BCUT2D eigenvalue weighted by Crippen LogP contribution is 2.46. The number of hydrogen-bond acceptors (Lipinski definition) is 9. The van der Waals surface area contributed by atoms with E-state index in [1.54, 1.807) is 0 Å². The van der Waals surface area contributed by atoms with E-state index in [0.717, 1.165) is 47.9 Å². The van der Waals surface area contributed by atoms with Crippen molar-refractivity contribution in [3.8, 4) is 11.1 Å². The number of carbonyl (C=O) groups excluding carboxylic acids is 4. The van der Waals surface area contributed by atoms with Crippen LogP contribution in [0.25, 0.3) is 11.1 Å². The number of rotatable bonds is 7. The van der Waals surface area contributed by atoms with E-state index in [9.17, 15) is 27.6 Å². The predicted octanol–water partition coefficient (Wildman–Crippen LogP) is 4.11. The summed E-state index contributed by atoms with van der Waals surface area (Å²) in [7, 11) is -3.88. The van der Waals surface area contributed by atoms with Crippen molar-refractivity contribution in [3.63, 3.8) is 0 Å². The zero-order valence-corrected chi connectivity index (χ0v) is 30.2. The molecule has 15 heteroatoms. The number of hydrazine groups is 1. The highest BCUT2D eigenvalue weighted by Gasteiger charge is 2.62. The Labute approximate surface area is 308 Å². The van der Waals surface area contributed by atoms with Gasteiger partial charge in [-0.25, -0.2) is 28.4 Å². The van der Waals surface area contributed by atoms with E-state index >= 15 is 0 Å². The molecule has 14 nitrogen and oxygen atoms in total. The van der Waals surface area contributed by atoms with E-state index in [0.29, 0.717) is 37.8 Å². The van der Waals surface area contributed by atoms with Crippen LogP contribution in [0.2, 0.25) is 0 Å². The molecule has 2 aromatic carbocycles. The third-order valence-corrected chi connectivity index (χ3v) is 12.9. The molecule has 0 radical (unpaired) electrons. The van der Waals surface area contributed by atoms with Crippen LogP contribution in [-0.4, -0.2) is 90.1 Å². The summed E-state index contributed by atoms with van der Waals surface area (Å²) in [5, 5.41) is 8.02. The summed E-state index contributed by atoms with van der Waals surface area (Å²) in [5.74, 6) is -1.83. The lowest BCUT2D eigenvalue weighted by molar-refractivity contribution is -0.131. The van der Waals surface area contributed by atoms with E-state index < -0.39 is 62.8 Å². The number of sulfonamides is 1. The minimum Gasteiger partial charge on any atom is -0.445 e. The van der Waals surface area contributed by atoms with Crippen molar-refractivity contribution in [2.75, 3.05) is 13.1 Å². The highest BCUT2D eigenvalue weighted by molar-refractivity contribution is 7.91. The van der Waals surface area contributed by atoms with Crippen molar-refractivity contribution in [1.82, 2.24) is 25.4 Å². The van der Waals surface area contributed by atoms with E-state index in [4.69, 9.17) is 9.57 Å².